The number of carbonyl (C=O) groups excluding carboxylic acids is 1. The van der Waals surface area contributed by atoms with Crippen molar-refractivity contribution in [2.45, 2.75) is 13.5 Å². The minimum atomic E-state index is 0.0389. The number of ether oxygens (including phenoxy) is 1. The minimum absolute atomic E-state index is 0.0389. The van der Waals surface area contributed by atoms with Crippen LogP contribution in [0.4, 0.5) is 5.69 Å². The molecule has 2 aromatic carbocycles. The first-order valence-corrected chi connectivity index (χ1v) is 8.75. The van der Waals surface area contributed by atoms with E-state index in [0.29, 0.717) is 23.6 Å². The van der Waals surface area contributed by atoms with Crippen LogP contribution in [-0.2, 0) is 6.61 Å². The van der Waals surface area contributed by atoms with Crippen LogP contribution in [0.25, 0.3) is 0 Å². The van der Waals surface area contributed by atoms with Gasteiger partial charge in [0.05, 0.1) is 5.69 Å². The number of carbonyl (C=O) groups is 1. The number of piperazine rings is 1. The summed E-state index contributed by atoms with van der Waals surface area (Å²) in [7, 11) is 0. The van der Waals surface area contributed by atoms with Crippen molar-refractivity contribution in [2.24, 2.45) is 0 Å². The van der Waals surface area contributed by atoms with E-state index in [1.807, 2.05) is 35.2 Å². The van der Waals surface area contributed by atoms with E-state index >= 15 is 0 Å². The second-order valence-electron chi connectivity index (χ2n) is 6.25. The van der Waals surface area contributed by atoms with E-state index in [1.54, 1.807) is 18.2 Å². The first-order valence-electron chi connectivity index (χ1n) is 8.75. The number of benzene rings is 2. The van der Waals surface area contributed by atoms with Crippen molar-refractivity contribution < 1.29 is 9.53 Å². The molecule has 1 aliphatic rings. The molecule has 0 aromatic heterocycles. The Labute approximate surface area is 149 Å². The van der Waals surface area contributed by atoms with Gasteiger partial charge in [0.15, 0.2) is 0 Å². The monoisotopic (exact) mass is 339 g/mol. The van der Waals surface area contributed by atoms with Gasteiger partial charge in [-0.15, -0.1) is 0 Å². The Morgan fingerprint density at radius 3 is 2.44 bits per heavy atom. The fraction of sp³-hybridized carbons (Fsp3) is 0.350. The molecular weight excluding hydrogens is 314 g/mol. The molecule has 1 amide bonds. The Kier molecular flexibility index (Phi) is 5.56. The molecule has 1 saturated heterocycles. The van der Waals surface area contributed by atoms with E-state index in [-0.39, 0.29) is 5.91 Å². The molecule has 1 heterocycles. The summed E-state index contributed by atoms with van der Waals surface area (Å²) >= 11 is 0. The molecule has 0 bridgehead atoms. The molecule has 1 fully saturated rings. The van der Waals surface area contributed by atoms with E-state index in [4.69, 9.17) is 10.5 Å². The number of nitrogens with zero attached hydrogens (tertiary/aromatic N) is 2. The standard InChI is InChI=1S/C20H25N3O2/c1-2-22-10-12-23(13-11-22)20(24)17-8-9-19(18(21)14-17)25-15-16-6-4-3-5-7-16/h3-9,14H,2,10-13,15,21H2,1H3. The van der Waals surface area contributed by atoms with Gasteiger partial charge < -0.3 is 20.3 Å². The van der Waals surface area contributed by atoms with Gasteiger partial charge in [-0.25, -0.2) is 0 Å². The number of anilines is 1. The Balaban J connectivity index is 1.62. The van der Waals surface area contributed by atoms with Crippen LogP contribution in [0.1, 0.15) is 22.8 Å². The fourth-order valence-electron chi connectivity index (χ4n) is 3.00. The lowest BCUT2D eigenvalue weighted by Crippen LogP contribution is -2.48. The third-order valence-corrected chi connectivity index (χ3v) is 4.60. The summed E-state index contributed by atoms with van der Waals surface area (Å²) in [6.07, 6.45) is 0. The van der Waals surface area contributed by atoms with Crippen molar-refractivity contribution in [2.75, 3.05) is 38.5 Å². The quantitative estimate of drug-likeness (QED) is 0.851. The van der Waals surface area contributed by atoms with Crippen LogP contribution in [0.5, 0.6) is 5.75 Å². The largest absolute Gasteiger partial charge is 0.487 e. The number of nitrogens with two attached hydrogens (primary N) is 1. The maximum absolute atomic E-state index is 12.6. The normalized spacial score (nSPS) is 15.2. The van der Waals surface area contributed by atoms with Crippen molar-refractivity contribution >= 4 is 11.6 Å². The highest BCUT2D eigenvalue weighted by atomic mass is 16.5. The zero-order valence-electron chi connectivity index (χ0n) is 14.6. The summed E-state index contributed by atoms with van der Waals surface area (Å²) in [5.41, 5.74) is 8.29. The Morgan fingerprint density at radius 1 is 1.08 bits per heavy atom. The van der Waals surface area contributed by atoms with E-state index in [9.17, 15) is 4.79 Å². The Hall–Kier alpha value is -2.53. The predicted molar refractivity (Wildman–Crippen MR) is 99.6 cm³/mol. The van der Waals surface area contributed by atoms with Crippen molar-refractivity contribution in [1.29, 1.82) is 0 Å². The molecule has 0 saturated carbocycles. The van der Waals surface area contributed by atoms with E-state index in [1.165, 1.54) is 0 Å². The third-order valence-electron chi connectivity index (χ3n) is 4.60. The zero-order chi connectivity index (χ0) is 17.6. The summed E-state index contributed by atoms with van der Waals surface area (Å²) in [5.74, 6) is 0.647. The molecule has 1 aliphatic heterocycles. The molecule has 0 radical (unpaired) electrons. The van der Waals surface area contributed by atoms with Gasteiger partial charge in [0.25, 0.3) is 5.91 Å². The van der Waals surface area contributed by atoms with Gasteiger partial charge in [-0.1, -0.05) is 37.3 Å². The number of amides is 1. The van der Waals surface area contributed by atoms with Crippen molar-refractivity contribution in [3.63, 3.8) is 0 Å². The van der Waals surface area contributed by atoms with Crippen LogP contribution >= 0.6 is 0 Å². The summed E-state index contributed by atoms with van der Waals surface area (Å²) in [4.78, 5) is 16.9. The molecule has 3 rings (SSSR count). The lowest BCUT2D eigenvalue weighted by Gasteiger charge is -2.34. The molecule has 5 nitrogen and oxygen atoms in total. The van der Waals surface area contributed by atoms with E-state index < -0.39 is 0 Å². The molecule has 5 heteroatoms. The number of hydrogen-bond donors (Lipinski definition) is 1. The van der Waals surface area contributed by atoms with Gasteiger partial charge in [-0.2, -0.15) is 0 Å². The highest BCUT2D eigenvalue weighted by Gasteiger charge is 2.21. The lowest BCUT2D eigenvalue weighted by atomic mass is 10.1. The molecule has 2 aromatic rings. The number of nitrogen functional groups attached to an aromatic ring is 1. The second kappa shape index (κ2) is 8.03. The molecule has 0 aliphatic carbocycles. The van der Waals surface area contributed by atoms with Gasteiger partial charge in [-0.3, -0.25) is 4.79 Å². The van der Waals surface area contributed by atoms with Crippen molar-refractivity contribution in [3.8, 4) is 5.75 Å². The number of hydrogen-bond acceptors (Lipinski definition) is 4. The first kappa shape index (κ1) is 17.3. The lowest BCUT2D eigenvalue weighted by molar-refractivity contribution is 0.0643. The molecular formula is C20H25N3O2. The van der Waals surface area contributed by atoms with Crippen LogP contribution in [-0.4, -0.2) is 48.4 Å². The van der Waals surface area contributed by atoms with Crippen LogP contribution in [0.2, 0.25) is 0 Å². The third kappa shape index (κ3) is 4.31. The number of rotatable bonds is 5. The van der Waals surface area contributed by atoms with Crippen LogP contribution in [0, 0.1) is 0 Å². The summed E-state index contributed by atoms with van der Waals surface area (Å²) < 4.78 is 5.78. The SMILES string of the molecule is CCN1CCN(C(=O)c2ccc(OCc3ccccc3)c(N)c2)CC1. The topological polar surface area (TPSA) is 58.8 Å². The fourth-order valence-corrected chi connectivity index (χ4v) is 3.00. The smallest absolute Gasteiger partial charge is 0.254 e. The van der Waals surface area contributed by atoms with Gasteiger partial charge in [0.2, 0.25) is 0 Å². The summed E-state index contributed by atoms with van der Waals surface area (Å²) in [6.45, 7) is 7.01. The predicted octanol–water partition coefficient (Wildman–Crippen LogP) is 2.63. The molecule has 25 heavy (non-hydrogen) atoms. The summed E-state index contributed by atoms with van der Waals surface area (Å²) in [6, 6.07) is 15.2. The average Bonchev–Trinajstić information content (AvgIpc) is 2.67. The number of likely N-dealkylation sites (N-methyl/N-ethyl adjacent to an activating group) is 1. The Bertz CT molecular complexity index is 710. The van der Waals surface area contributed by atoms with Crippen molar-refractivity contribution in [3.05, 3.63) is 59.7 Å². The van der Waals surface area contributed by atoms with Crippen LogP contribution < -0.4 is 10.5 Å². The molecule has 132 valence electrons. The minimum Gasteiger partial charge on any atom is -0.487 e. The Morgan fingerprint density at radius 2 is 1.80 bits per heavy atom. The highest BCUT2D eigenvalue weighted by molar-refractivity contribution is 5.95. The van der Waals surface area contributed by atoms with Gasteiger partial charge in [0, 0.05) is 31.7 Å². The van der Waals surface area contributed by atoms with Gasteiger partial charge in [-0.05, 0) is 30.3 Å². The summed E-state index contributed by atoms with van der Waals surface area (Å²) in [5, 5.41) is 0. The van der Waals surface area contributed by atoms with Crippen LogP contribution in [0.3, 0.4) is 0 Å². The molecule has 0 unspecified atom stereocenters. The maximum atomic E-state index is 12.6. The maximum Gasteiger partial charge on any atom is 0.254 e. The molecule has 0 spiro atoms. The van der Waals surface area contributed by atoms with Crippen LogP contribution in [0.15, 0.2) is 48.5 Å². The van der Waals surface area contributed by atoms with Crippen molar-refractivity contribution in [1.82, 2.24) is 9.80 Å². The van der Waals surface area contributed by atoms with E-state index in [2.05, 4.69) is 11.8 Å². The van der Waals surface area contributed by atoms with Gasteiger partial charge >= 0.3 is 0 Å². The average molecular weight is 339 g/mol. The second-order valence-corrected chi connectivity index (χ2v) is 6.25. The molecule has 0 atom stereocenters. The first-order chi connectivity index (χ1) is 12.2. The zero-order valence-corrected chi connectivity index (χ0v) is 14.6. The highest BCUT2D eigenvalue weighted by Crippen LogP contribution is 2.24. The van der Waals surface area contributed by atoms with Gasteiger partial charge in [0.1, 0.15) is 12.4 Å². The van der Waals surface area contributed by atoms with E-state index in [0.717, 1.165) is 38.3 Å². The molecule has 2 N–H and O–H groups in total.